The van der Waals surface area contributed by atoms with E-state index in [1.165, 1.54) is 29.2 Å². The molecule has 1 aliphatic heterocycles. The first-order valence-corrected chi connectivity index (χ1v) is 8.83. The molecule has 1 aliphatic rings. The van der Waals surface area contributed by atoms with Crippen molar-refractivity contribution >= 4 is 46.5 Å². The molecular formula is C18H14Cl2N2O5. The zero-order valence-corrected chi connectivity index (χ0v) is 15.5. The number of hydrogen-bond donors (Lipinski definition) is 0. The Morgan fingerprint density at radius 2 is 2.00 bits per heavy atom. The smallest absolute Gasteiger partial charge is 0.340 e. The zero-order valence-electron chi connectivity index (χ0n) is 14.0. The number of rotatable bonds is 4. The minimum atomic E-state index is -0.753. The molecule has 0 fully saturated rings. The quantitative estimate of drug-likeness (QED) is 0.432. The Balaban J connectivity index is 1.72. The summed E-state index contributed by atoms with van der Waals surface area (Å²) in [5, 5.41) is 11.2. The molecule has 2 aromatic rings. The van der Waals surface area contributed by atoms with Crippen LogP contribution in [-0.4, -0.2) is 30.0 Å². The van der Waals surface area contributed by atoms with Gasteiger partial charge in [-0.1, -0.05) is 29.3 Å². The molecule has 9 heteroatoms. The van der Waals surface area contributed by atoms with Crippen LogP contribution in [0.1, 0.15) is 22.3 Å². The van der Waals surface area contributed by atoms with Crippen molar-refractivity contribution < 1.29 is 19.2 Å². The van der Waals surface area contributed by atoms with Crippen molar-refractivity contribution in [3.63, 3.8) is 0 Å². The van der Waals surface area contributed by atoms with Crippen LogP contribution < -0.4 is 4.90 Å². The second-order valence-electron chi connectivity index (χ2n) is 5.90. The number of non-ortho nitro benzene ring substituents is 1. The number of fused-ring (bicyclic) bond motifs is 1. The number of carbonyl (C=O) groups is 2. The van der Waals surface area contributed by atoms with Gasteiger partial charge in [0.2, 0.25) is 0 Å². The summed E-state index contributed by atoms with van der Waals surface area (Å²) in [6, 6.07) is 8.90. The molecule has 0 bridgehead atoms. The molecule has 0 aromatic heterocycles. The second kappa shape index (κ2) is 7.94. The number of nitro benzene ring substituents is 1. The van der Waals surface area contributed by atoms with Crippen LogP contribution in [0.2, 0.25) is 10.0 Å². The Hall–Kier alpha value is -2.64. The van der Waals surface area contributed by atoms with Gasteiger partial charge in [0.05, 0.1) is 20.5 Å². The van der Waals surface area contributed by atoms with Gasteiger partial charge >= 0.3 is 5.97 Å². The highest BCUT2D eigenvalue weighted by Gasteiger charge is 2.25. The fourth-order valence-corrected chi connectivity index (χ4v) is 3.28. The van der Waals surface area contributed by atoms with Gasteiger partial charge < -0.3 is 9.64 Å². The minimum absolute atomic E-state index is 0.0231. The number of aryl methyl sites for hydroxylation is 1. The molecule has 7 nitrogen and oxygen atoms in total. The number of nitro groups is 1. The summed E-state index contributed by atoms with van der Waals surface area (Å²) in [6.45, 7) is -0.0305. The van der Waals surface area contributed by atoms with Crippen molar-refractivity contribution in [1.29, 1.82) is 0 Å². The van der Waals surface area contributed by atoms with Crippen molar-refractivity contribution in [3.05, 3.63) is 67.7 Å². The monoisotopic (exact) mass is 408 g/mol. The SMILES string of the molecule is O=C(OCC(=O)N1CCCc2cc([N+](=O)[O-])ccc21)c1cccc(Cl)c1Cl. The minimum Gasteiger partial charge on any atom is -0.452 e. The molecule has 1 heterocycles. The first-order valence-electron chi connectivity index (χ1n) is 8.07. The number of hydrogen-bond acceptors (Lipinski definition) is 5. The summed E-state index contributed by atoms with van der Waals surface area (Å²) in [7, 11) is 0. The lowest BCUT2D eigenvalue weighted by Gasteiger charge is -2.29. The lowest BCUT2D eigenvalue weighted by Crippen LogP contribution is -2.38. The summed E-state index contributed by atoms with van der Waals surface area (Å²) in [6.07, 6.45) is 1.30. The fraction of sp³-hybridized carbons (Fsp3) is 0.222. The van der Waals surface area contributed by atoms with Gasteiger partial charge in [-0.15, -0.1) is 0 Å². The van der Waals surface area contributed by atoms with Gasteiger partial charge in [0.15, 0.2) is 6.61 Å². The predicted octanol–water partition coefficient (Wildman–Crippen LogP) is 4.04. The number of esters is 1. The molecule has 1 amide bonds. The lowest BCUT2D eigenvalue weighted by molar-refractivity contribution is -0.384. The molecular weight excluding hydrogens is 395 g/mol. The summed E-state index contributed by atoms with van der Waals surface area (Å²) in [5.41, 5.74) is 1.36. The third-order valence-electron chi connectivity index (χ3n) is 4.19. The first-order chi connectivity index (χ1) is 12.9. The van der Waals surface area contributed by atoms with Crippen molar-refractivity contribution in [2.45, 2.75) is 12.8 Å². The van der Waals surface area contributed by atoms with Gasteiger partial charge in [-0.2, -0.15) is 0 Å². The highest BCUT2D eigenvalue weighted by Crippen LogP contribution is 2.31. The number of carbonyl (C=O) groups excluding carboxylic acids is 2. The topological polar surface area (TPSA) is 89.8 Å². The molecule has 2 aromatic carbocycles. The summed E-state index contributed by atoms with van der Waals surface area (Å²) in [4.78, 5) is 36.6. The average Bonchev–Trinajstić information content (AvgIpc) is 2.67. The van der Waals surface area contributed by atoms with E-state index in [1.807, 2.05) is 0 Å². The van der Waals surface area contributed by atoms with Crippen LogP contribution in [0.3, 0.4) is 0 Å². The van der Waals surface area contributed by atoms with Crippen molar-refractivity contribution in [1.82, 2.24) is 0 Å². The maximum absolute atomic E-state index is 12.5. The number of amides is 1. The third-order valence-corrected chi connectivity index (χ3v) is 5.01. The molecule has 0 N–H and O–H groups in total. The van der Waals surface area contributed by atoms with Gasteiger partial charge in [0, 0.05) is 24.4 Å². The van der Waals surface area contributed by atoms with Crippen molar-refractivity contribution in [2.75, 3.05) is 18.1 Å². The Kier molecular flexibility index (Phi) is 5.62. The highest BCUT2D eigenvalue weighted by atomic mass is 35.5. The summed E-state index contributed by atoms with van der Waals surface area (Å²) >= 11 is 11.8. The Morgan fingerprint density at radius 3 is 2.74 bits per heavy atom. The van der Waals surface area contributed by atoms with Crippen LogP contribution in [0.4, 0.5) is 11.4 Å². The van der Waals surface area contributed by atoms with Gasteiger partial charge in [0.1, 0.15) is 0 Å². The second-order valence-corrected chi connectivity index (χ2v) is 6.68. The maximum Gasteiger partial charge on any atom is 0.340 e. The van der Waals surface area contributed by atoms with Gasteiger partial charge in [-0.3, -0.25) is 14.9 Å². The van der Waals surface area contributed by atoms with E-state index >= 15 is 0 Å². The normalized spacial score (nSPS) is 13.0. The summed E-state index contributed by atoms with van der Waals surface area (Å²) < 4.78 is 5.07. The number of halogens is 2. The van der Waals surface area contributed by atoms with E-state index in [0.717, 1.165) is 0 Å². The van der Waals surface area contributed by atoms with Crippen molar-refractivity contribution in [2.24, 2.45) is 0 Å². The Morgan fingerprint density at radius 1 is 1.22 bits per heavy atom. The number of ether oxygens (including phenoxy) is 1. The number of nitrogens with zero attached hydrogens (tertiary/aromatic N) is 2. The van der Waals surface area contributed by atoms with E-state index in [4.69, 9.17) is 27.9 Å². The predicted molar refractivity (Wildman–Crippen MR) is 101 cm³/mol. The van der Waals surface area contributed by atoms with E-state index in [2.05, 4.69) is 0 Å². The maximum atomic E-state index is 12.5. The molecule has 3 rings (SSSR count). The zero-order chi connectivity index (χ0) is 19.6. The molecule has 0 atom stereocenters. The molecule has 27 heavy (non-hydrogen) atoms. The molecule has 0 unspecified atom stereocenters. The average molecular weight is 409 g/mol. The molecule has 0 saturated heterocycles. The summed E-state index contributed by atoms with van der Waals surface area (Å²) in [5.74, 6) is -1.17. The van der Waals surface area contributed by atoms with Crippen LogP contribution in [0.5, 0.6) is 0 Å². The molecule has 0 saturated carbocycles. The first kappa shape index (κ1) is 19.1. The largest absolute Gasteiger partial charge is 0.452 e. The third kappa shape index (κ3) is 4.04. The number of benzene rings is 2. The Labute approximate surface area is 164 Å². The Bertz CT molecular complexity index is 932. The van der Waals surface area contributed by atoms with E-state index in [-0.39, 0.29) is 21.3 Å². The van der Waals surface area contributed by atoms with Crippen LogP contribution in [0.25, 0.3) is 0 Å². The van der Waals surface area contributed by atoms with Crippen LogP contribution in [-0.2, 0) is 16.0 Å². The molecule has 0 radical (unpaired) electrons. The van der Waals surface area contributed by atoms with E-state index in [9.17, 15) is 19.7 Å². The van der Waals surface area contributed by atoms with Crippen molar-refractivity contribution in [3.8, 4) is 0 Å². The van der Waals surface area contributed by atoms with Gasteiger partial charge in [-0.05, 0) is 36.6 Å². The molecule has 0 spiro atoms. The number of anilines is 1. The van der Waals surface area contributed by atoms with E-state index < -0.39 is 23.4 Å². The van der Waals surface area contributed by atoms with Crippen LogP contribution in [0.15, 0.2) is 36.4 Å². The van der Waals surface area contributed by atoms with E-state index in [1.54, 1.807) is 12.1 Å². The molecule has 0 aliphatic carbocycles. The lowest BCUT2D eigenvalue weighted by atomic mass is 10.0. The van der Waals surface area contributed by atoms with Crippen LogP contribution in [0, 0.1) is 10.1 Å². The van der Waals surface area contributed by atoms with Crippen LogP contribution >= 0.6 is 23.2 Å². The fourth-order valence-electron chi connectivity index (χ4n) is 2.90. The molecule has 140 valence electrons. The van der Waals surface area contributed by atoms with E-state index in [0.29, 0.717) is 30.6 Å². The standard InChI is InChI=1S/C18H14Cl2N2O5/c19-14-5-1-4-13(17(14)20)18(24)27-10-16(23)21-8-2-3-11-9-12(22(25)26)6-7-15(11)21/h1,4-7,9H,2-3,8,10H2. The van der Waals surface area contributed by atoms with Gasteiger partial charge in [-0.25, -0.2) is 4.79 Å². The highest BCUT2D eigenvalue weighted by molar-refractivity contribution is 6.43. The van der Waals surface area contributed by atoms with Gasteiger partial charge in [0.25, 0.3) is 11.6 Å².